The Morgan fingerprint density at radius 2 is 2.06 bits per heavy atom. The number of rotatable bonds is 5. The zero-order valence-electron chi connectivity index (χ0n) is 11.1. The number of nitrogens with zero attached hydrogens (tertiary/aromatic N) is 1. The summed E-state index contributed by atoms with van der Waals surface area (Å²) in [7, 11) is 1.77. The lowest BCUT2D eigenvalue weighted by atomic mass is 9.90. The minimum atomic E-state index is 0. The van der Waals surface area contributed by atoms with Gasteiger partial charge < -0.3 is 15.4 Å². The molecule has 98 valence electrons. The van der Waals surface area contributed by atoms with E-state index in [1.165, 1.54) is 13.0 Å². The normalized spacial score (nSPS) is 26.8. The molecule has 1 unspecified atom stereocenters. The molecule has 0 spiro atoms. The van der Waals surface area contributed by atoms with Crippen molar-refractivity contribution in [3.63, 3.8) is 0 Å². The third-order valence-electron chi connectivity index (χ3n) is 3.32. The van der Waals surface area contributed by atoms with E-state index in [4.69, 9.17) is 10.5 Å². The summed E-state index contributed by atoms with van der Waals surface area (Å²) in [6, 6.07) is 0. The predicted molar refractivity (Wildman–Crippen MR) is 71.1 cm³/mol. The van der Waals surface area contributed by atoms with Gasteiger partial charge in [0.15, 0.2) is 0 Å². The zero-order valence-corrected chi connectivity index (χ0v) is 11.9. The zero-order chi connectivity index (χ0) is 11.5. The second-order valence-electron chi connectivity index (χ2n) is 6.07. The van der Waals surface area contributed by atoms with Crippen molar-refractivity contribution in [3.05, 3.63) is 0 Å². The molecule has 0 bridgehead atoms. The van der Waals surface area contributed by atoms with Crippen LogP contribution >= 0.6 is 12.4 Å². The topological polar surface area (TPSA) is 38.5 Å². The molecule has 4 heteroatoms. The maximum atomic E-state index is 5.80. The van der Waals surface area contributed by atoms with Crippen molar-refractivity contribution in [2.75, 3.05) is 39.9 Å². The largest absolute Gasteiger partial charge is 0.384 e. The number of likely N-dealkylation sites (tertiary alicyclic amines) is 1. The summed E-state index contributed by atoms with van der Waals surface area (Å²) in [4.78, 5) is 2.52. The van der Waals surface area contributed by atoms with Crippen molar-refractivity contribution in [2.45, 2.75) is 27.2 Å². The molecule has 0 aromatic rings. The summed E-state index contributed by atoms with van der Waals surface area (Å²) >= 11 is 0. The highest BCUT2D eigenvalue weighted by molar-refractivity contribution is 5.85. The number of methoxy groups -OCH3 is 1. The van der Waals surface area contributed by atoms with Gasteiger partial charge in [0.25, 0.3) is 0 Å². The lowest BCUT2D eigenvalue weighted by molar-refractivity contribution is 0.0739. The molecular formula is C12H27ClN2O. The van der Waals surface area contributed by atoms with E-state index in [-0.39, 0.29) is 17.8 Å². The molecule has 1 rings (SSSR count). The Morgan fingerprint density at radius 3 is 2.50 bits per heavy atom. The molecule has 2 N–H and O–H groups in total. The van der Waals surface area contributed by atoms with Gasteiger partial charge in [-0.25, -0.2) is 0 Å². The highest BCUT2D eigenvalue weighted by atomic mass is 35.5. The molecule has 3 nitrogen and oxygen atoms in total. The third-order valence-corrected chi connectivity index (χ3v) is 3.32. The average Bonchev–Trinajstić information content (AvgIpc) is 2.47. The third kappa shape index (κ3) is 4.58. The number of halogens is 1. The van der Waals surface area contributed by atoms with Crippen LogP contribution in [0.2, 0.25) is 0 Å². The van der Waals surface area contributed by atoms with Gasteiger partial charge >= 0.3 is 0 Å². The predicted octanol–water partition coefficient (Wildman–Crippen LogP) is 1.75. The van der Waals surface area contributed by atoms with Gasteiger partial charge in [-0.3, -0.25) is 0 Å². The van der Waals surface area contributed by atoms with Gasteiger partial charge in [0, 0.05) is 25.6 Å². The monoisotopic (exact) mass is 250 g/mol. The summed E-state index contributed by atoms with van der Waals surface area (Å²) in [6.45, 7) is 11.9. The summed E-state index contributed by atoms with van der Waals surface area (Å²) in [5.41, 5.74) is 6.38. The van der Waals surface area contributed by atoms with Crippen LogP contribution < -0.4 is 5.73 Å². The van der Waals surface area contributed by atoms with Gasteiger partial charge in [-0.15, -0.1) is 12.4 Å². The van der Waals surface area contributed by atoms with Crippen LogP contribution in [0.15, 0.2) is 0 Å². The second-order valence-corrected chi connectivity index (χ2v) is 6.07. The Hall–Kier alpha value is 0.170. The molecule has 0 aromatic heterocycles. The maximum absolute atomic E-state index is 5.80. The van der Waals surface area contributed by atoms with E-state index in [2.05, 4.69) is 25.7 Å². The Morgan fingerprint density at radius 1 is 1.44 bits per heavy atom. The highest BCUT2D eigenvalue weighted by Gasteiger charge is 2.34. The van der Waals surface area contributed by atoms with E-state index in [9.17, 15) is 0 Å². The van der Waals surface area contributed by atoms with Gasteiger partial charge in [-0.1, -0.05) is 20.8 Å². The van der Waals surface area contributed by atoms with Crippen LogP contribution in [0.5, 0.6) is 0 Å². The first kappa shape index (κ1) is 16.2. The quantitative estimate of drug-likeness (QED) is 0.808. The van der Waals surface area contributed by atoms with Crippen molar-refractivity contribution >= 4 is 12.4 Å². The number of ether oxygens (including phenoxy) is 1. The molecule has 1 saturated heterocycles. The first-order valence-electron chi connectivity index (χ1n) is 5.82. The van der Waals surface area contributed by atoms with Gasteiger partial charge in [0.1, 0.15) is 0 Å². The van der Waals surface area contributed by atoms with Crippen LogP contribution in [-0.2, 0) is 4.74 Å². The van der Waals surface area contributed by atoms with Crippen LogP contribution in [0.25, 0.3) is 0 Å². The second kappa shape index (κ2) is 6.20. The molecule has 1 heterocycles. The van der Waals surface area contributed by atoms with Gasteiger partial charge in [-0.05, 0) is 24.9 Å². The number of nitrogens with two attached hydrogens (primary N) is 1. The Labute approximate surface area is 106 Å². The van der Waals surface area contributed by atoms with E-state index in [1.54, 1.807) is 7.11 Å². The van der Waals surface area contributed by atoms with Gasteiger partial charge in [-0.2, -0.15) is 0 Å². The molecule has 0 amide bonds. The molecule has 1 fully saturated rings. The Balaban J connectivity index is 0.00000225. The first-order chi connectivity index (χ1) is 6.91. The number of hydrogen-bond donors (Lipinski definition) is 1. The van der Waals surface area contributed by atoms with Gasteiger partial charge in [0.2, 0.25) is 0 Å². The van der Waals surface area contributed by atoms with Crippen molar-refractivity contribution in [3.8, 4) is 0 Å². The van der Waals surface area contributed by atoms with E-state index < -0.39 is 0 Å². The molecule has 0 radical (unpaired) electrons. The van der Waals surface area contributed by atoms with Crippen molar-refractivity contribution in [1.82, 2.24) is 4.90 Å². The standard InChI is InChI=1S/C12H26N2O.ClH/c1-11(2,10-15-4)8-14-6-5-12(3,7-13)9-14;/h5-10,13H2,1-4H3;1H. The molecule has 0 aliphatic carbocycles. The minimum absolute atomic E-state index is 0. The highest BCUT2D eigenvalue weighted by Crippen LogP contribution is 2.30. The minimum Gasteiger partial charge on any atom is -0.384 e. The van der Waals surface area contributed by atoms with E-state index in [1.807, 2.05) is 0 Å². The lowest BCUT2D eigenvalue weighted by Crippen LogP contribution is -2.38. The van der Waals surface area contributed by atoms with Crippen LogP contribution in [0, 0.1) is 10.8 Å². The van der Waals surface area contributed by atoms with Crippen LogP contribution in [0.4, 0.5) is 0 Å². The summed E-state index contributed by atoms with van der Waals surface area (Å²) in [5, 5.41) is 0. The summed E-state index contributed by atoms with van der Waals surface area (Å²) in [6.07, 6.45) is 1.23. The molecule has 1 aliphatic heterocycles. The van der Waals surface area contributed by atoms with E-state index in [0.717, 1.165) is 26.2 Å². The molecule has 16 heavy (non-hydrogen) atoms. The fourth-order valence-corrected chi connectivity index (χ4v) is 2.47. The maximum Gasteiger partial charge on any atom is 0.0525 e. The van der Waals surface area contributed by atoms with E-state index in [0.29, 0.717) is 5.41 Å². The molecule has 1 aliphatic rings. The van der Waals surface area contributed by atoms with Crippen LogP contribution in [0.3, 0.4) is 0 Å². The smallest absolute Gasteiger partial charge is 0.0525 e. The van der Waals surface area contributed by atoms with Crippen LogP contribution in [-0.4, -0.2) is 44.8 Å². The summed E-state index contributed by atoms with van der Waals surface area (Å²) < 4.78 is 5.24. The Kier molecular flexibility index (Phi) is 6.26. The SMILES string of the molecule is COCC(C)(C)CN1CCC(C)(CN)C1.Cl. The molecule has 0 aromatic carbocycles. The Bertz CT molecular complexity index is 211. The lowest BCUT2D eigenvalue weighted by Gasteiger charge is -2.30. The molecule has 1 atom stereocenters. The molecule has 0 saturated carbocycles. The van der Waals surface area contributed by atoms with E-state index >= 15 is 0 Å². The fourth-order valence-electron chi connectivity index (χ4n) is 2.47. The first-order valence-corrected chi connectivity index (χ1v) is 5.82. The van der Waals surface area contributed by atoms with Crippen molar-refractivity contribution in [2.24, 2.45) is 16.6 Å². The fraction of sp³-hybridized carbons (Fsp3) is 1.00. The summed E-state index contributed by atoms with van der Waals surface area (Å²) in [5.74, 6) is 0. The van der Waals surface area contributed by atoms with Gasteiger partial charge in [0.05, 0.1) is 6.61 Å². The van der Waals surface area contributed by atoms with Crippen molar-refractivity contribution < 1.29 is 4.74 Å². The van der Waals surface area contributed by atoms with Crippen LogP contribution in [0.1, 0.15) is 27.2 Å². The molecular weight excluding hydrogens is 224 g/mol. The number of hydrogen-bond acceptors (Lipinski definition) is 3. The van der Waals surface area contributed by atoms with Crippen molar-refractivity contribution in [1.29, 1.82) is 0 Å². The average molecular weight is 251 g/mol.